The van der Waals surface area contributed by atoms with E-state index >= 15 is 0 Å². The summed E-state index contributed by atoms with van der Waals surface area (Å²) in [6.07, 6.45) is 6.89. The van der Waals surface area contributed by atoms with Crippen LogP contribution in [0.15, 0.2) is 12.4 Å². The van der Waals surface area contributed by atoms with Gasteiger partial charge in [0.2, 0.25) is 0 Å². The van der Waals surface area contributed by atoms with E-state index in [0.29, 0.717) is 23.3 Å². The van der Waals surface area contributed by atoms with Crippen molar-refractivity contribution < 1.29 is 4.79 Å². The first kappa shape index (κ1) is 13.8. The van der Waals surface area contributed by atoms with Gasteiger partial charge in [-0.05, 0) is 25.2 Å². The zero-order valence-corrected chi connectivity index (χ0v) is 11.6. The summed E-state index contributed by atoms with van der Waals surface area (Å²) in [6.45, 7) is 5.75. The quantitative estimate of drug-likeness (QED) is 0.852. The van der Waals surface area contributed by atoms with E-state index in [1.165, 1.54) is 25.5 Å². The smallest absolute Gasteiger partial charge is 0.271 e. The summed E-state index contributed by atoms with van der Waals surface area (Å²) in [4.78, 5) is 20.3. The van der Waals surface area contributed by atoms with Gasteiger partial charge < -0.3 is 10.6 Å². The molecule has 1 aliphatic rings. The zero-order chi connectivity index (χ0) is 13.7. The fraction of sp³-hybridized carbons (Fsp3) is 0.643. The molecule has 104 valence electrons. The first-order valence-corrected chi connectivity index (χ1v) is 7.04. The fourth-order valence-electron chi connectivity index (χ4n) is 2.58. The number of nitrogens with zero attached hydrogens (tertiary/aromatic N) is 2. The molecule has 0 saturated heterocycles. The molecule has 0 aliphatic heterocycles. The highest BCUT2D eigenvalue weighted by Crippen LogP contribution is 2.30. The second kappa shape index (κ2) is 6.50. The Morgan fingerprint density at radius 1 is 1.42 bits per heavy atom. The van der Waals surface area contributed by atoms with E-state index in [0.717, 1.165) is 13.1 Å². The highest BCUT2D eigenvalue weighted by atomic mass is 16.1. The number of amides is 1. The van der Waals surface area contributed by atoms with E-state index in [4.69, 9.17) is 0 Å². The molecule has 0 spiro atoms. The van der Waals surface area contributed by atoms with Crippen LogP contribution >= 0.6 is 0 Å². The molecule has 2 unspecified atom stereocenters. The van der Waals surface area contributed by atoms with Crippen molar-refractivity contribution >= 4 is 11.7 Å². The minimum absolute atomic E-state index is 0.133. The Morgan fingerprint density at radius 3 is 2.95 bits per heavy atom. The number of anilines is 1. The maximum absolute atomic E-state index is 12.0. The van der Waals surface area contributed by atoms with Crippen LogP contribution < -0.4 is 10.6 Å². The standard InChI is InChI=1S/C14H22N4O/c1-3-16-13-9-15-8-12(18-13)14(19)17-7-11-6-4-5-10(11)2/h8-11H,3-7H2,1-2H3,(H,16,18)(H,17,19). The van der Waals surface area contributed by atoms with Crippen LogP contribution in [-0.4, -0.2) is 29.0 Å². The number of hydrogen-bond acceptors (Lipinski definition) is 4. The van der Waals surface area contributed by atoms with Gasteiger partial charge in [0, 0.05) is 13.1 Å². The second-order valence-electron chi connectivity index (χ2n) is 5.20. The van der Waals surface area contributed by atoms with Gasteiger partial charge in [0.05, 0.1) is 12.4 Å². The third-order valence-electron chi connectivity index (χ3n) is 3.79. The van der Waals surface area contributed by atoms with Gasteiger partial charge in [0.1, 0.15) is 11.5 Å². The molecule has 0 bridgehead atoms. The average Bonchev–Trinajstić information content (AvgIpc) is 2.82. The molecular formula is C14H22N4O. The lowest BCUT2D eigenvalue weighted by Gasteiger charge is -2.15. The van der Waals surface area contributed by atoms with Gasteiger partial charge in [-0.3, -0.25) is 9.78 Å². The largest absolute Gasteiger partial charge is 0.369 e. The van der Waals surface area contributed by atoms with Gasteiger partial charge in [-0.15, -0.1) is 0 Å². The third-order valence-corrected chi connectivity index (χ3v) is 3.79. The van der Waals surface area contributed by atoms with Crippen molar-refractivity contribution in [2.75, 3.05) is 18.4 Å². The van der Waals surface area contributed by atoms with Crippen LogP contribution in [0.2, 0.25) is 0 Å². The molecule has 1 saturated carbocycles. The number of hydrogen-bond donors (Lipinski definition) is 2. The van der Waals surface area contributed by atoms with Gasteiger partial charge in [0.25, 0.3) is 5.91 Å². The van der Waals surface area contributed by atoms with Gasteiger partial charge >= 0.3 is 0 Å². The molecular weight excluding hydrogens is 240 g/mol. The molecule has 1 heterocycles. The zero-order valence-electron chi connectivity index (χ0n) is 11.6. The first-order chi connectivity index (χ1) is 9.20. The number of aromatic nitrogens is 2. The van der Waals surface area contributed by atoms with Crippen molar-refractivity contribution in [1.29, 1.82) is 0 Å². The van der Waals surface area contributed by atoms with E-state index in [1.807, 2.05) is 6.92 Å². The second-order valence-corrected chi connectivity index (χ2v) is 5.20. The summed E-state index contributed by atoms with van der Waals surface area (Å²) in [7, 11) is 0. The minimum atomic E-state index is -0.133. The summed E-state index contributed by atoms with van der Waals surface area (Å²) < 4.78 is 0. The molecule has 1 amide bonds. The normalized spacial score (nSPS) is 22.2. The van der Waals surface area contributed by atoms with Crippen LogP contribution in [0.1, 0.15) is 43.6 Å². The van der Waals surface area contributed by atoms with Crippen molar-refractivity contribution in [2.24, 2.45) is 11.8 Å². The summed E-state index contributed by atoms with van der Waals surface area (Å²) in [5.74, 6) is 1.82. The number of carbonyl (C=O) groups excluding carboxylic acids is 1. The topological polar surface area (TPSA) is 66.9 Å². The molecule has 5 heteroatoms. The Morgan fingerprint density at radius 2 is 2.26 bits per heavy atom. The minimum Gasteiger partial charge on any atom is -0.369 e. The van der Waals surface area contributed by atoms with Crippen LogP contribution in [0.4, 0.5) is 5.82 Å². The Hall–Kier alpha value is -1.65. The van der Waals surface area contributed by atoms with Crippen LogP contribution in [0.25, 0.3) is 0 Å². The van der Waals surface area contributed by atoms with E-state index < -0.39 is 0 Å². The summed E-state index contributed by atoms with van der Waals surface area (Å²) >= 11 is 0. The fourth-order valence-corrected chi connectivity index (χ4v) is 2.58. The first-order valence-electron chi connectivity index (χ1n) is 7.04. The van der Waals surface area contributed by atoms with Crippen LogP contribution in [0.5, 0.6) is 0 Å². The van der Waals surface area contributed by atoms with E-state index in [-0.39, 0.29) is 5.91 Å². The summed E-state index contributed by atoms with van der Waals surface area (Å²) in [5.41, 5.74) is 0.379. The molecule has 1 aliphatic carbocycles. The van der Waals surface area contributed by atoms with Crippen LogP contribution in [-0.2, 0) is 0 Å². The molecule has 1 aromatic heterocycles. The van der Waals surface area contributed by atoms with E-state index in [2.05, 4.69) is 27.5 Å². The van der Waals surface area contributed by atoms with Gasteiger partial charge in [-0.1, -0.05) is 19.8 Å². The average molecular weight is 262 g/mol. The number of nitrogens with one attached hydrogen (secondary N) is 2. The van der Waals surface area contributed by atoms with Crippen molar-refractivity contribution in [1.82, 2.24) is 15.3 Å². The van der Waals surface area contributed by atoms with Crippen molar-refractivity contribution in [3.05, 3.63) is 18.1 Å². The van der Waals surface area contributed by atoms with Gasteiger partial charge in [0.15, 0.2) is 0 Å². The predicted molar refractivity (Wildman–Crippen MR) is 75.0 cm³/mol. The number of rotatable bonds is 5. The molecule has 19 heavy (non-hydrogen) atoms. The lowest BCUT2D eigenvalue weighted by atomic mass is 9.98. The molecule has 2 N–H and O–H groups in total. The molecule has 2 atom stereocenters. The predicted octanol–water partition coefficient (Wildman–Crippen LogP) is 2.07. The Balaban J connectivity index is 1.90. The number of carbonyl (C=O) groups is 1. The molecule has 2 rings (SSSR count). The lowest BCUT2D eigenvalue weighted by Crippen LogP contribution is -2.31. The van der Waals surface area contributed by atoms with Crippen molar-refractivity contribution in [3.8, 4) is 0 Å². The molecule has 1 fully saturated rings. The van der Waals surface area contributed by atoms with Crippen molar-refractivity contribution in [2.45, 2.75) is 33.1 Å². The lowest BCUT2D eigenvalue weighted by molar-refractivity contribution is 0.0939. The highest BCUT2D eigenvalue weighted by molar-refractivity contribution is 5.92. The van der Waals surface area contributed by atoms with Crippen molar-refractivity contribution in [3.63, 3.8) is 0 Å². The molecule has 1 aromatic rings. The van der Waals surface area contributed by atoms with Crippen LogP contribution in [0, 0.1) is 11.8 Å². The highest BCUT2D eigenvalue weighted by Gasteiger charge is 2.23. The Labute approximate surface area is 114 Å². The monoisotopic (exact) mass is 262 g/mol. The molecule has 0 radical (unpaired) electrons. The maximum Gasteiger partial charge on any atom is 0.271 e. The maximum atomic E-state index is 12.0. The molecule has 5 nitrogen and oxygen atoms in total. The summed E-state index contributed by atoms with van der Waals surface area (Å²) in [5, 5.41) is 6.02. The van der Waals surface area contributed by atoms with Gasteiger partial charge in [-0.25, -0.2) is 4.98 Å². The Kier molecular flexibility index (Phi) is 4.71. The van der Waals surface area contributed by atoms with E-state index in [9.17, 15) is 4.79 Å². The Bertz CT molecular complexity index is 435. The van der Waals surface area contributed by atoms with Crippen LogP contribution in [0.3, 0.4) is 0 Å². The SMILES string of the molecule is CCNc1cncc(C(=O)NCC2CCCC2C)n1. The third kappa shape index (κ3) is 3.66. The molecule has 0 aromatic carbocycles. The van der Waals surface area contributed by atoms with Gasteiger partial charge in [-0.2, -0.15) is 0 Å². The van der Waals surface area contributed by atoms with E-state index in [1.54, 1.807) is 6.20 Å². The summed E-state index contributed by atoms with van der Waals surface area (Å²) in [6, 6.07) is 0.